The Morgan fingerprint density at radius 1 is 1.37 bits per heavy atom. The highest BCUT2D eigenvalue weighted by Gasteiger charge is 2.51. The van der Waals surface area contributed by atoms with Crippen molar-refractivity contribution in [1.29, 1.82) is 0 Å². The van der Waals surface area contributed by atoms with E-state index in [2.05, 4.69) is 4.18 Å². The van der Waals surface area contributed by atoms with Crippen molar-refractivity contribution in [2.45, 2.75) is 31.4 Å². The topological polar surface area (TPSA) is 26.3 Å². The van der Waals surface area contributed by atoms with Crippen LogP contribution in [-0.2, 0) is 8.98 Å². The Labute approximate surface area is 112 Å². The van der Waals surface area contributed by atoms with Crippen LogP contribution in [0.15, 0.2) is 24.3 Å². The van der Waals surface area contributed by atoms with Crippen LogP contribution in [0.1, 0.15) is 23.3 Å². The molecule has 1 aromatic rings. The third-order valence-corrected chi connectivity index (χ3v) is 3.36. The van der Waals surface area contributed by atoms with Crippen LogP contribution in [0, 0.1) is 6.92 Å². The standard InChI is InChI=1S/C12H12F4O2S/c1-7-4-3-5-9(6-7)10(19-18-8(2)17)12(15,16)11(13)14/h3-6,10-11H,1-2H3. The number of rotatable bonds is 5. The van der Waals surface area contributed by atoms with Gasteiger partial charge in [-0.25, -0.2) is 8.78 Å². The van der Waals surface area contributed by atoms with Crippen LogP contribution in [0.2, 0.25) is 0 Å². The third kappa shape index (κ3) is 4.12. The molecule has 0 bridgehead atoms. The lowest BCUT2D eigenvalue weighted by Crippen LogP contribution is -2.33. The maximum atomic E-state index is 13.5. The zero-order valence-corrected chi connectivity index (χ0v) is 11.0. The fourth-order valence-corrected chi connectivity index (χ4v) is 2.13. The smallest absolute Gasteiger partial charge is 0.326 e. The number of carbonyl (C=O) groups is 1. The molecule has 0 N–H and O–H groups in total. The second-order valence-electron chi connectivity index (χ2n) is 3.94. The van der Waals surface area contributed by atoms with Crippen LogP contribution in [0.3, 0.4) is 0 Å². The summed E-state index contributed by atoms with van der Waals surface area (Å²) < 4.78 is 56.4. The fourth-order valence-electron chi connectivity index (χ4n) is 1.41. The maximum absolute atomic E-state index is 13.5. The largest absolute Gasteiger partial charge is 0.391 e. The molecule has 0 amide bonds. The van der Waals surface area contributed by atoms with E-state index in [0.717, 1.165) is 6.92 Å². The lowest BCUT2D eigenvalue weighted by molar-refractivity contribution is -0.134. The molecule has 0 radical (unpaired) electrons. The highest BCUT2D eigenvalue weighted by atomic mass is 32.2. The van der Waals surface area contributed by atoms with E-state index in [0.29, 0.717) is 5.56 Å². The maximum Gasteiger partial charge on any atom is 0.326 e. The molecule has 0 fully saturated rings. The zero-order chi connectivity index (χ0) is 14.6. The summed E-state index contributed by atoms with van der Waals surface area (Å²) in [6, 6.07) is 5.78. The van der Waals surface area contributed by atoms with Gasteiger partial charge in [0, 0.05) is 6.92 Å². The monoisotopic (exact) mass is 296 g/mol. The Kier molecular flexibility index (Phi) is 5.22. The molecule has 0 aliphatic heterocycles. The van der Waals surface area contributed by atoms with Gasteiger partial charge in [-0.15, -0.1) is 0 Å². The normalized spacial score (nSPS) is 13.4. The quantitative estimate of drug-likeness (QED) is 0.603. The van der Waals surface area contributed by atoms with Crippen LogP contribution in [0.5, 0.6) is 0 Å². The van der Waals surface area contributed by atoms with E-state index in [1.165, 1.54) is 18.2 Å². The molecule has 0 aliphatic carbocycles. The summed E-state index contributed by atoms with van der Waals surface area (Å²) in [7, 11) is 0. The molecule has 7 heteroatoms. The van der Waals surface area contributed by atoms with Crippen LogP contribution in [-0.4, -0.2) is 18.3 Å². The highest BCUT2D eigenvalue weighted by molar-refractivity contribution is 7.95. The fraction of sp³-hybridized carbons (Fsp3) is 0.417. The van der Waals surface area contributed by atoms with E-state index >= 15 is 0 Å². The number of benzene rings is 1. The highest BCUT2D eigenvalue weighted by Crippen LogP contribution is 2.46. The molecule has 106 valence electrons. The second-order valence-corrected chi connectivity index (χ2v) is 4.77. The van der Waals surface area contributed by atoms with Crippen molar-refractivity contribution in [3.63, 3.8) is 0 Å². The van der Waals surface area contributed by atoms with E-state index < -0.39 is 23.6 Å². The summed E-state index contributed by atoms with van der Waals surface area (Å²) in [4.78, 5) is 10.7. The van der Waals surface area contributed by atoms with Crippen LogP contribution in [0.25, 0.3) is 0 Å². The minimum absolute atomic E-state index is 0.0171. The first kappa shape index (κ1) is 15.8. The van der Waals surface area contributed by atoms with E-state index in [4.69, 9.17) is 0 Å². The third-order valence-electron chi connectivity index (χ3n) is 2.25. The van der Waals surface area contributed by atoms with Crippen LogP contribution in [0.4, 0.5) is 17.6 Å². The van der Waals surface area contributed by atoms with Gasteiger partial charge in [-0.05, 0) is 12.5 Å². The van der Waals surface area contributed by atoms with E-state index in [1.54, 1.807) is 13.0 Å². The molecule has 1 unspecified atom stereocenters. The van der Waals surface area contributed by atoms with Crippen molar-refractivity contribution in [3.05, 3.63) is 35.4 Å². The van der Waals surface area contributed by atoms with Crippen molar-refractivity contribution in [2.24, 2.45) is 0 Å². The minimum atomic E-state index is -4.30. The molecular formula is C12H12F4O2S. The van der Waals surface area contributed by atoms with Gasteiger partial charge in [0.15, 0.2) is 0 Å². The van der Waals surface area contributed by atoms with Crippen LogP contribution < -0.4 is 0 Å². The van der Waals surface area contributed by atoms with Gasteiger partial charge in [0.25, 0.3) is 0 Å². The van der Waals surface area contributed by atoms with E-state index in [9.17, 15) is 22.4 Å². The van der Waals surface area contributed by atoms with E-state index in [-0.39, 0.29) is 17.6 Å². The summed E-state index contributed by atoms with van der Waals surface area (Å²) in [5.74, 6) is -5.12. The second kappa shape index (κ2) is 6.27. The Balaban J connectivity index is 3.08. The van der Waals surface area contributed by atoms with Gasteiger partial charge >= 0.3 is 18.3 Å². The van der Waals surface area contributed by atoms with Crippen molar-refractivity contribution in [3.8, 4) is 0 Å². The Hall–Kier alpha value is -1.24. The first-order valence-corrected chi connectivity index (χ1v) is 6.12. The SMILES string of the molecule is CC(=O)OSC(c1cccc(C)c1)C(F)(F)C(F)F. The molecule has 2 nitrogen and oxygen atoms in total. The van der Waals surface area contributed by atoms with Gasteiger partial charge in [0.2, 0.25) is 0 Å². The number of carbonyl (C=O) groups excluding carboxylic acids is 1. The summed E-state index contributed by atoms with van der Waals surface area (Å²) in [5, 5.41) is -1.95. The van der Waals surface area contributed by atoms with Crippen molar-refractivity contribution in [1.82, 2.24) is 0 Å². The average Bonchev–Trinajstić information content (AvgIpc) is 2.28. The molecule has 1 rings (SSSR count). The first-order chi connectivity index (χ1) is 8.75. The first-order valence-electron chi connectivity index (χ1n) is 5.31. The van der Waals surface area contributed by atoms with E-state index in [1.807, 2.05) is 0 Å². The number of hydrogen-bond acceptors (Lipinski definition) is 3. The van der Waals surface area contributed by atoms with Gasteiger partial charge in [0.05, 0.1) is 12.0 Å². The minimum Gasteiger partial charge on any atom is -0.391 e. The van der Waals surface area contributed by atoms with Gasteiger partial charge in [0.1, 0.15) is 5.25 Å². The van der Waals surface area contributed by atoms with Crippen molar-refractivity contribution < 1.29 is 26.5 Å². The molecule has 0 aromatic heterocycles. The molecule has 0 saturated heterocycles. The van der Waals surface area contributed by atoms with Crippen molar-refractivity contribution in [2.75, 3.05) is 0 Å². The zero-order valence-electron chi connectivity index (χ0n) is 10.2. The van der Waals surface area contributed by atoms with Gasteiger partial charge in [-0.1, -0.05) is 29.8 Å². The molecular weight excluding hydrogens is 284 g/mol. The predicted molar refractivity (Wildman–Crippen MR) is 64.2 cm³/mol. The Morgan fingerprint density at radius 2 is 2.00 bits per heavy atom. The molecule has 19 heavy (non-hydrogen) atoms. The number of alkyl halides is 4. The molecule has 0 saturated carbocycles. The number of halogens is 4. The Morgan fingerprint density at radius 3 is 2.47 bits per heavy atom. The van der Waals surface area contributed by atoms with Crippen LogP contribution >= 0.6 is 12.0 Å². The summed E-state index contributed by atoms with van der Waals surface area (Å²) in [5.41, 5.74) is 0.632. The van der Waals surface area contributed by atoms with Gasteiger partial charge < -0.3 is 4.18 Å². The van der Waals surface area contributed by atoms with Gasteiger partial charge in [-0.2, -0.15) is 8.78 Å². The summed E-state index contributed by atoms with van der Waals surface area (Å²) in [6.07, 6.45) is -3.85. The summed E-state index contributed by atoms with van der Waals surface area (Å²) >= 11 is 0.0472. The van der Waals surface area contributed by atoms with Crippen molar-refractivity contribution >= 4 is 18.0 Å². The van der Waals surface area contributed by atoms with Gasteiger partial charge in [-0.3, -0.25) is 4.79 Å². The Bertz CT molecular complexity index is 451. The number of aryl methyl sites for hydroxylation is 1. The lowest BCUT2D eigenvalue weighted by atomic mass is 10.0. The number of hydrogen-bond donors (Lipinski definition) is 0. The molecule has 0 aliphatic rings. The summed E-state index contributed by atoms with van der Waals surface area (Å²) in [6.45, 7) is 2.67. The predicted octanol–water partition coefficient (Wildman–Crippen LogP) is 4.15. The molecule has 1 aromatic carbocycles. The molecule has 0 spiro atoms. The average molecular weight is 296 g/mol. The lowest BCUT2D eigenvalue weighted by Gasteiger charge is -2.24. The molecule has 1 atom stereocenters. The molecule has 0 heterocycles.